The highest BCUT2D eigenvalue weighted by atomic mass is 16.7. The van der Waals surface area contributed by atoms with Gasteiger partial charge in [0.25, 0.3) is 0 Å². The van der Waals surface area contributed by atoms with E-state index < -0.39 is 0 Å². The van der Waals surface area contributed by atoms with Gasteiger partial charge in [0, 0.05) is 6.61 Å². The van der Waals surface area contributed by atoms with E-state index in [1.807, 2.05) is 0 Å². The van der Waals surface area contributed by atoms with Crippen molar-refractivity contribution in [1.82, 2.24) is 0 Å². The molecule has 0 saturated heterocycles. The smallest absolute Gasteiger partial charge is 0.157 e. The standard InChI is InChI=1S/C11H24O2/c1-5-8-9-12-11(7-3)13-10(4)6-2/h10-11H,5-9H2,1-4H3. The fourth-order valence-electron chi connectivity index (χ4n) is 0.968. The van der Waals surface area contributed by atoms with Gasteiger partial charge >= 0.3 is 0 Å². The molecule has 0 amide bonds. The molecule has 0 radical (unpaired) electrons. The van der Waals surface area contributed by atoms with Gasteiger partial charge in [0.1, 0.15) is 0 Å². The Morgan fingerprint density at radius 3 is 2.23 bits per heavy atom. The number of hydrogen-bond acceptors (Lipinski definition) is 2. The first-order valence-corrected chi connectivity index (χ1v) is 5.51. The van der Waals surface area contributed by atoms with Crippen LogP contribution in [0.1, 0.15) is 53.4 Å². The number of ether oxygens (including phenoxy) is 2. The molecule has 0 spiro atoms. The van der Waals surface area contributed by atoms with Gasteiger partial charge < -0.3 is 9.47 Å². The van der Waals surface area contributed by atoms with E-state index in [1.54, 1.807) is 0 Å². The summed E-state index contributed by atoms with van der Waals surface area (Å²) in [5.41, 5.74) is 0. The Kier molecular flexibility index (Phi) is 8.46. The molecule has 0 aliphatic rings. The van der Waals surface area contributed by atoms with E-state index >= 15 is 0 Å². The number of rotatable bonds is 8. The maximum absolute atomic E-state index is 5.67. The Balaban J connectivity index is 3.50. The van der Waals surface area contributed by atoms with Crippen molar-refractivity contribution in [2.75, 3.05) is 6.61 Å². The average Bonchev–Trinajstić information content (AvgIpc) is 2.16. The lowest BCUT2D eigenvalue weighted by Gasteiger charge is -2.20. The average molecular weight is 188 g/mol. The van der Waals surface area contributed by atoms with Gasteiger partial charge in [-0.1, -0.05) is 27.2 Å². The van der Waals surface area contributed by atoms with Crippen LogP contribution in [0.4, 0.5) is 0 Å². The van der Waals surface area contributed by atoms with Crippen molar-refractivity contribution in [2.24, 2.45) is 0 Å². The molecular formula is C11H24O2. The fourth-order valence-corrected chi connectivity index (χ4v) is 0.968. The summed E-state index contributed by atoms with van der Waals surface area (Å²) in [4.78, 5) is 0. The van der Waals surface area contributed by atoms with Gasteiger partial charge in [-0.05, 0) is 26.2 Å². The van der Waals surface area contributed by atoms with Crippen molar-refractivity contribution in [1.29, 1.82) is 0 Å². The van der Waals surface area contributed by atoms with Gasteiger partial charge in [0.15, 0.2) is 6.29 Å². The Morgan fingerprint density at radius 2 is 1.77 bits per heavy atom. The van der Waals surface area contributed by atoms with Crippen LogP contribution in [0.3, 0.4) is 0 Å². The fraction of sp³-hybridized carbons (Fsp3) is 1.00. The van der Waals surface area contributed by atoms with Gasteiger partial charge in [0.2, 0.25) is 0 Å². The molecule has 0 aliphatic heterocycles. The van der Waals surface area contributed by atoms with Crippen LogP contribution in [-0.2, 0) is 9.47 Å². The molecule has 2 unspecified atom stereocenters. The van der Waals surface area contributed by atoms with E-state index in [4.69, 9.17) is 9.47 Å². The van der Waals surface area contributed by atoms with Crippen molar-refractivity contribution in [3.8, 4) is 0 Å². The molecular weight excluding hydrogens is 164 g/mol. The molecule has 0 bridgehead atoms. The summed E-state index contributed by atoms with van der Waals surface area (Å²) >= 11 is 0. The van der Waals surface area contributed by atoms with Crippen LogP contribution >= 0.6 is 0 Å². The molecule has 13 heavy (non-hydrogen) atoms. The molecule has 0 saturated carbocycles. The maximum Gasteiger partial charge on any atom is 0.157 e. The first-order valence-electron chi connectivity index (χ1n) is 5.51. The van der Waals surface area contributed by atoms with Crippen LogP contribution in [0.25, 0.3) is 0 Å². The minimum atomic E-state index is 0.00139. The topological polar surface area (TPSA) is 18.5 Å². The Labute approximate surface area is 82.6 Å². The van der Waals surface area contributed by atoms with E-state index in [0.29, 0.717) is 6.10 Å². The third-order valence-electron chi connectivity index (χ3n) is 2.09. The first-order chi connectivity index (χ1) is 6.24. The minimum absolute atomic E-state index is 0.00139. The normalized spacial score (nSPS) is 15.7. The zero-order valence-corrected chi connectivity index (χ0v) is 9.51. The third-order valence-corrected chi connectivity index (χ3v) is 2.09. The van der Waals surface area contributed by atoms with E-state index in [0.717, 1.165) is 25.9 Å². The van der Waals surface area contributed by atoms with Crippen LogP contribution in [0.15, 0.2) is 0 Å². The highest BCUT2D eigenvalue weighted by Crippen LogP contribution is 2.07. The molecule has 0 N–H and O–H groups in total. The van der Waals surface area contributed by atoms with Gasteiger partial charge in [-0.25, -0.2) is 0 Å². The largest absolute Gasteiger partial charge is 0.353 e. The predicted molar refractivity (Wildman–Crippen MR) is 55.8 cm³/mol. The minimum Gasteiger partial charge on any atom is -0.353 e. The quantitative estimate of drug-likeness (QED) is 0.429. The van der Waals surface area contributed by atoms with Crippen LogP contribution in [0, 0.1) is 0 Å². The van der Waals surface area contributed by atoms with Crippen molar-refractivity contribution < 1.29 is 9.47 Å². The molecule has 2 nitrogen and oxygen atoms in total. The first kappa shape index (κ1) is 12.9. The summed E-state index contributed by atoms with van der Waals surface area (Å²) in [7, 11) is 0. The van der Waals surface area contributed by atoms with Crippen molar-refractivity contribution >= 4 is 0 Å². The van der Waals surface area contributed by atoms with E-state index in [9.17, 15) is 0 Å². The van der Waals surface area contributed by atoms with Crippen LogP contribution in [0.2, 0.25) is 0 Å². The molecule has 2 atom stereocenters. The van der Waals surface area contributed by atoms with Crippen molar-refractivity contribution in [3.05, 3.63) is 0 Å². The van der Waals surface area contributed by atoms with Crippen LogP contribution in [-0.4, -0.2) is 19.0 Å². The second-order valence-corrected chi connectivity index (χ2v) is 3.42. The van der Waals surface area contributed by atoms with E-state index in [2.05, 4.69) is 27.7 Å². The Hall–Kier alpha value is -0.0800. The van der Waals surface area contributed by atoms with Gasteiger partial charge in [0.05, 0.1) is 6.10 Å². The highest BCUT2D eigenvalue weighted by molar-refractivity contribution is 4.48. The molecule has 0 aromatic rings. The Morgan fingerprint density at radius 1 is 1.08 bits per heavy atom. The van der Waals surface area contributed by atoms with E-state index in [1.165, 1.54) is 6.42 Å². The van der Waals surface area contributed by atoms with Crippen LogP contribution < -0.4 is 0 Å². The predicted octanol–water partition coefficient (Wildman–Crippen LogP) is 3.35. The molecule has 0 heterocycles. The van der Waals surface area contributed by atoms with Gasteiger partial charge in [-0.2, -0.15) is 0 Å². The third kappa shape index (κ3) is 7.03. The molecule has 80 valence electrons. The summed E-state index contributed by atoms with van der Waals surface area (Å²) < 4.78 is 11.3. The summed E-state index contributed by atoms with van der Waals surface area (Å²) in [5.74, 6) is 0. The molecule has 0 aromatic carbocycles. The lowest BCUT2D eigenvalue weighted by molar-refractivity contribution is -0.168. The lowest BCUT2D eigenvalue weighted by Crippen LogP contribution is -2.22. The number of hydrogen-bond donors (Lipinski definition) is 0. The Bertz CT molecular complexity index is 104. The van der Waals surface area contributed by atoms with E-state index in [-0.39, 0.29) is 6.29 Å². The summed E-state index contributed by atoms with van der Waals surface area (Å²) in [6.45, 7) is 9.31. The zero-order chi connectivity index (χ0) is 10.1. The molecule has 2 heteroatoms. The van der Waals surface area contributed by atoms with Crippen LogP contribution in [0.5, 0.6) is 0 Å². The van der Waals surface area contributed by atoms with Gasteiger partial charge in [-0.15, -0.1) is 0 Å². The second kappa shape index (κ2) is 8.52. The second-order valence-electron chi connectivity index (χ2n) is 3.42. The summed E-state index contributed by atoms with van der Waals surface area (Å²) in [6.07, 6.45) is 4.61. The van der Waals surface area contributed by atoms with Gasteiger partial charge in [-0.3, -0.25) is 0 Å². The highest BCUT2D eigenvalue weighted by Gasteiger charge is 2.09. The van der Waals surface area contributed by atoms with Crippen molar-refractivity contribution in [2.45, 2.75) is 65.8 Å². The molecule has 0 aromatic heterocycles. The SMILES string of the molecule is CCCCOC(CC)OC(C)CC. The molecule has 0 aliphatic carbocycles. The molecule has 0 fully saturated rings. The maximum atomic E-state index is 5.67. The zero-order valence-electron chi connectivity index (χ0n) is 9.51. The lowest BCUT2D eigenvalue weighted by atomic mass is 10.3. The monoisotopic (exact) mass is 188 g/mol. The summed E-state index contributed by atoms with van der Waals surface area (Å²) in [5, 5.41) is 0. The molecule has 0 rings (SSSR count). The van der Waals surface area contributed by atoms with Crippen molar-refractivity contribution in [3.63, 3.8) is 0 Å². The summed E-state index contributed by atoms with van der Waals surface area (Å²) in [6, 6.07) is 0. The number of unbranched alkanes of at least 4 members (excludes halogenated alkanes) is 1.